The van der Waals surface area contributed by atoms with Gasteiger partial charge in [0.1, 0.15) is 18.1 Å². The van der Waals surface area contributed by atoms with Gasteiger partial charge in [-0.1, -0.05) is 0 Å². The van der Waals surface area contributed by atoms with E-state index in [0.717, 1.165) is 0 Å². The molecule has 9 N–H and O–H groups in total. The number of carboxylic acid groups (broad SMARTS) is 2. The van der Waals surface area contributed by atoms with Gasteiger partial charge >= 0.3 is 11.9 Å². The Kier molecular flexibility index (Phi) is 9.51. The van der Waals surface area contributed by atoms with E-state index in [0.29, 0.717) is 43.9 Å². The van der Waals surface area contributed by atoms with Crippen LogP contribution in [-0.4, -0.2) is 81.1 Å². The van der Waals surface area contributed by atoms with Gasteiger partial charge in [-0.25, -0.2) is 4.79 Å². The van der Waals surface area contributed by atoms with Crippen LogP contribution < -0.4 is 22.5 Å². The summed E-state index contributed by atoms with van der Waals surface area (Å²) in [4.78, 5) is 49.1. The highest BCUT2D eigenvalue weighted by molar-refractivity contribution is 7.99. The third-order valence-corrected chi connectivity index (χ3v) is 5.04. The highest BCUT2D eigenvalue weighted by Gasteiger charge is 2.39. The van der Waals surface area contributed by atoms with Crippen LogP contribution in [0.3, 0.4) is 0 Å². The predicted molar refractivity (Wildman–Crippen MR) is 102 cm³/mol. The molecule has 2 rings (SSSR count). The van der Waals surface area contributed by atoms with Crippen LogP contribution in [0.1, 0.15) is 25.7 Å². The molecule has 1 unspecified atom stereocenters. The molecule has 0 aliphatic carbocycles. The van der Waals surface area contributed by atoms with Crippen molar-refractivity contribution >= 4 is 41.5 Å². The van der Waals surface area contributed by atoms with Crippen LogP contribution >= 0.6 is 11.8 Å². The number of aliphatic carboxylic acids is 2. The van der Waals surface area contributed by atoms with Crippen LogP contribution in [-0.2, 0) is 19.2 Å². The van der Waals surface area contributed by atoms with E-state index in [2.05, 4.69) is 10.3 Å². The van der Waals surface area contributed by atoms with Crippen molar-refractivity contribution in [3.8, 4) is 0 Å². The van der Waals surface area contributed by atoms with Crippen molar-refractivity contribution in [2.75, 3.05) is 18.2 Å². The summed E-state index contributed by atoms with van der Waals surface area (Å²) in [6.07, 6.45) is 1.76. The first-order valence-corrected chi connectivity index (χ1v) is 9.73. The minimum absolute atomic E-state index is 0.0129. The zero-order valence-electron chi connectivity index (χ0n) is 15.2. The van der Waals surface area contributed by atoms with Crippen molar-refractivity contribution in [2.45, 2.75) is 43.8 Å². The van der Waals surface area contributed by atoms with Gasteiger partial charge in [-0.3, -0.25) is 19.4 Å². The van der Waals surface area contributed by atoms with E-state index in [1.165, 1.54) is 16.7 Å². The molecule has 12 nitrogen and oxygen atoms in total. The number of amides is 2. The molecule has 0 saturated carbocycles. The van der Waals surface area contributed by atoms with E-state index in [4.69, 9.17) is 27.4 Å². The molecular formula is C15H26N6O6S. The van der Waals surface area contributed by atoms with E-state index in [1.807, 2.05) is 0 Å². The number of hydrogen-bond donors (Lipinski definition) is 6. The monoisotopic (exact) mass is 418 g/mol. The molecule has 0 radical (unpaired) electrons. The quantitative estimate of drug-likeness (QED) is 0.148. The fourth-order valence-electron chi connectivity index (χ4n) is 2.51. The standard InChI is InChI=1S/C9H12N2O4S.C6H14N4O2/c12-7-2-1-5(10-7)8(13)11-4-16-3-6(11)9(14)15;7-4(5(11)12)2-1-3-10-6(8)9/h5-6H,1-4H2,(H,10,12)(H,14,15);4H,1-3,7H2,(H,11,12)(H4,8,9,10)/t5-,6-;/m0./s1. The maximum Gasteiger partial charge on any atom is 0.327 e. The lowest BCUT2D eigenvalue weighted by molar-refractivity contribution is -0.148. The smallest absolute Gasteiger partial charge is 0.327 e. The van der Waals surface area contributed by atoms with Gasteiger partial charge in [-0.15, -0.1) is 11.8 Å². The van der Waals surface area contributed by atoms with E-state index in [-0.39, 0.29) is 17.8 Å². The molecule has 2 aliphatic rings. The van der Waals surface area contributed by atoms with E-state index in [1.54, 1.807) is 0 Å². The van der Waals surface area contributed by atoms with Crippen LogP contribution in [0.5, 0.6) is 0 Å². The van der Waals surface area contributed by atoms with Gasteiger partial charge in [0.05, 0.1) is 5.88 Å². The van der Waals surface area contributed by atoms with Crippen LogP contribution in [0, 0.1) is 0 Å². The summed E-state index contributed by atoms with van der Waals surface area (Å²) in [7, 11) is 0. The summed E-state index contributed by atoms with van der Waals surface area (Å²) in [6, 6.07) is -2.11. The first kappa shape index (κ1) is 23.5. The van der Waals surface area contributed by atoms with Crippen LogP contribution in [0.4, 0.5) is 0 Å². The SMILES string of the molecule is NC(N)=NCCCC(N)C(=O)O.O=C1CC[C@@H](C(=O)N2CSC[C@H]2C(=O)O)N1. The average Bonchev–Trinajstić information content (AvgIpc) is 3.27. The number of carbonyl (C=O) groups is 4. The summed E-state index contributed by atoms with van der Waals surface area (Å²) in [6.45, 7) is 0.420. The van der Waals surface area contributed by atoms with E-state index in [9.17, 15) is 19.2 Å². The second-order valence-electron chi connectivity index (χ2n) is 6.21. The minimum Gasteiger partial charge on any atom is -0.480 e. The molecule has 2 aliphatic heterocycles. The molecule has 28 heavy (non-hydrogen) atoms. The Labute approximate surface area is 165 Å². The number of rotatable bonds is 7. The van der Waals surface area contributed by atoms with Crippen molar-refractivity contribution in [2.24, 2.45) is 22.2 Å². The third kappa shape index (κ3) is 7.60. The molecule has 2 fully saturated rings. The van der Waals surface area contributed by atoms with Gasteiger partial charge in [0.15, 0.2) is 5.96 Å². The summed E-state index contributed by atoms with van der Waals surface area (Å²) in [5.74, 6) is -1.58. The lowest BCUT2D eigenvalue weighted by Crippen LogP contribution is -2.49. The van der Waals surface area contributed by atoms with Gasteiger partial charge in [0.2, 0.25) is 11.8 Å². The number of carboxylic acids is 2. The molecule has 0 bridgehead atoms. The summed E-state index contributed by atoms with van der Waals surface area (Å²) in [5, 5.41) is 19.9. The van der Waals surface area contributed by atoms with Crippen molar-refractivity contribution in [1.82, 2.24) is 10.2 Å². The zero-order chi connectivity index (χ0) is 21.3. The lowest BCUT2D eigenvalue weighted by Gasteiger charge is -2.23. The number of nitrogens with two attached hydrogens (primary N) is 3. The molecule has 3 atom stereocenters. The van der Waals surface area contributed by atoms with Crippen molar-refractivity contribution in [3.63, 3.8) is 0 Å². The van der Waals surface area contributed by atoms with Crippen LogP contribution in [0.2, 0.25) is 0 Å². The number of aliphatic imine (C=N–C) groups is 1. The number of nitrogens with one attached hydrogen (secondary N) is 1. The Morgan fingerprint density at radius 2 is 2.00 bits per heavy atom. The largest absolute Gasteiger partial charge is 0.480 e. The van der Waals surface area contributed by atoms with Crippen molar-refractivity contribution in [1.29, 1.82) is 0 Å². The first-order chi connectivity index (χ1) is 13.1. The fourth-order valence-corrected chi connectivity index (χ4v) is 3.66. The number of guanidine groups is 1. The Morgan fingerprint density at radius 3 is 2.50 bits per heavy atom. The molecule has 158 valence electrons. The van der Waals surface area contributed by atoms with E-state index < -0.39 is 30.1 Å². The minimum atomic E-state index is -1.00. The van der Waals surface area contributed by atoms with Gasteiger partial charge in [-0.05, 0) is 19.3 Å². The highest BCUT2D eigenvalue weighted by Crippen LogP contribution is 2.23. The maximum atomic E-state index is 11.9. The first-order valence-electron chi connectivity index (χ1n) is 8.57. The highest BCUT2D eigenvalue weighted by atomic mass is 32.2. The summed E-state index contributed by atoms with van der Waals surface area (Å²) >= 11 is 1.42. The fraction of sp³-hybridized carbons (Fsp3) is 0.667. The van der Waals surface area contributed by atoms with Gasteiger partial charge in [0, 0.05) is 18.7 Å². The van der Waals surface area contributed by atoms with Gasteiger partial charge in [0.25, 0.3) is 0 Å². The summed E-state index contributed by atoms with van der Waals surface area (Å²) in [5.41, 5.74) is 15.3. The normalized spacial score (nSPS) is 21.9. The Hall–Kier alpha value is -2.54. The lowest BCUT2D eigenvalue weighted by atomic mass is 10.2. The maximum absolute atomic E-state index is 11.9. The zero-order valence-corrected chi connectivity index (χ0v) is 16.1. The van der Waals surface area contributed by atoms with Crippen molar-refractivity contribution in [3.05, 3.63) is 0 Å². The molecule has 0 aromatic rings. The number of nitrogens with zero attached hydrogens (tertiary/aromatic N) is 2. The molecule has 2 heterocycles. The second-order valence-corrected chi connectivity index (χ2v) is 7.21. The molecule has 13 heteroatoms. The third-order valence-electron chi connectivity index (χ3n) is 4.03. The molecule has 0 aromatic heterocycles. The number of hydrogen-bond acceptors (Lipinski definition) is 7. The molecule has 2 saturated heterocycles. The molecule has 0 spiro atoms. The van der Waals surface area contributed by atoms with Gasteiger partial charge < -0.3 is 37.6 Å². The average molecular weight is 418 g/mol. The van der Waals surface area contributed by atoms with E-state index >= 15 is 0 Å². The Morgan fingerprint density at radius 1 is 1.32 bits per heavy atom. The number of thioether (sulfide) groups is 1. The topological polar surface area (TPSA) is 214 Å². The predicted octanol–water partition coefficient (Wildman–Crippen LogP) is -2.30. The number of carbonyl (C=O) groups excluding carboxylic acids is 2. The molecular weight excluding hydrogens is 392 g/mol. The second kappa shape index (κ2) is 11.3. The Balaban J connectivity index is 0.000000295. The molecule has 0 aromatic carbocycles. The van der Waals surface area contributed by atoms with Gasteiger partial charge in [-0.2, -0.15) is 0 Å². The van der Waals surface area contributed by atoms with Crippen LogP contribution in [0.15, 0.2) is 4.99 Å². The summed E-state index contributed by atoms with van der Waals surface area (Å²) < 4.78 is 0. The van der Waals surface area contributed by atoms with Crippen LogP contribution in [0.25, 0.3) is 0 Å². The van der Waals surface area contributed by atoms with Crippen molar-refractivity contribution < 1.29 is 29.4 Å². The Bertz CT molecular complexity index is 626. The molecule has 2 amide bonds.